The molecule has 1 aliphatic rings. The van der Waals surface area contributed by atoms with E-state index in [0.717, 1.165) is 12.8 Å². The first-order valence-electron chi connectivity index (χ1n) is 5.99. The molecule has 0 bridgehead atoms. The highest BCUT2D eigenvalue weighted by molar-refractivity contribution is 5.93. The minimum Gasteiger partial charge on any atom is -0.382 e. The minimum absolute atomic E-state index is 0.434. The van der Waals surface area contributed by atoms with Gasteiger partial charge in [-0.2, -0.15) is 0 Å². The van der Waals surface area contributed by atoms with Crippen molar-refractivity contribution in [3.05, 3.63) is 36.7 Å². The van der Waals surface area contributed by atoms with E-state index in [-0.39, 0.29) is 0 Å². The molecule has 0 spiro atoms. The van der Waals surface area contributed by atoms with E-state index in [1.165, 1.54) is 16.5 Å². The second kappa shape index (κ2) is 4.34. The maximum Gasteiger partial charge on any atom is 0.0610 e. The van der Waals surface area contributed by atoms with Crippen LogP contribution in [0.2, 0.25) is 0 Å². The van der Waals surface area contributed by atoms with E-state index in [1.54, 1.807) is 7.11 Å². The quantitative estimate of drug-likeness (QED) is 0.877. The van der Waals surface area contributed by atoms with Gasteiger partial charge in [0.1, 0.15) is 0 Å². The van der Waals surface area contributed by atoms with Crippen LogP contribution in [0.15, 0.2) is 36.7 Å². The average molecular weight is 228 g/mol. The van der Waals surface area contributed by atoms with Crippen LogP contribution in [0.25, 0.3) is 10.8 Å². The van der Waals surface area contributed by atoms with Crippen LogP contribution >= 0.6 is 0 Å². The Morgan fingerprint density at radius 3 is 3.00 bits per heavy atom. The molecule has 1 heterocycles. The molecule has 3 rings (SSSR count). The molecular formula is C14H16N2O. The van der Waals surface area contributed by atoms with Gasteiger partial charge in [0.15, 0.2) is 0 Å². The number of aromatic nitrogens is 1. The van der Waals surface area contributed by atoms with Crippen LogP contribution in [0.1, 0.15) is 12.8 Å². The second-order valence-electron chi connectivity index (χ2n) is 4.57. The Kier molecular flexibility index (Phi) is 2.69. The fraction of sp³-hybridized carbons (Fsp3) is 0.357. The van der Waals surface area contributed by atoms with E-state index in [9.17, 15) is 0 Å². The van der Waals surface area contributed by atoms with Crippen molar-refractivity contribution in [2.45, 2.75) is 25.0 Å². The zero-order valence-electron chi connectivity index (χ0n) is 9.89. The molecule has 3 nitrogen and oxygen atoms in total. The summed E-state index contributed by atoms with van der Waals surface area (Å²) in [7, 11) is 1.78. The molecule has 0 radical (unpaired) electrons. The zero-order valence-corrected chi connectivity index (χ0v) is 9.89. The lowest BCUT2D eigenvalue weighted by Gasteiger charge is -2.35. The summed E-state index contributed by atoms with van der Waals surface area (Å²) in [4.78, 5) is 4.14. The van der Waals surface area contributed by atoms with Crippen molar-refractivity contribution >= 4 is 16.5 Å². The largest absolute Gasteiger partial charge is 0.382 e. The number of pyridine rings is 1. The van der Waals surface area contributed by atoms with Gasteiger partial charge in [-0.15, -0.1) is 0 Å². The van der Waals surface area contributed by atoms with Crippen LogP contribution in [0.4, 0.5) is 5.69 Å². The Morgan fingerprint density at radius 2 is 2.18 bits per heavy atom. The maximum atomic E-state index is 5.29. The number of nitrogens with zero attached hydrogens (tertiary/aromatic N) is 1. The van der Waals surface area contributed by atoms with Crippen LogP contribution in [-0.2, 0) is 4.74 Å². The van der Waals surface area contributed by atoms with Crippen LogP contribution in [-0.4, -0.2) is 24.2 Å². The fourth-order valence-electron chi connectivity index (χ4n) is 2.34. The molecule has 0 unspecified atom stereocenters. The first-order chi connectivity index (χ1) is 8.36. The van der Waals surface area contributed by atoms with Gasteiger partial charge in [0, 0.05) is 42.0 Å². The van der Waals surface area contributed by atoms with Gasteiger partial charge in [-0.1, -0.05) is 12.1 Å². The van der Waals surface area contributed by atoms with E-state index in [1.807, 2.05) is 12.4 Å². The molecular weight excluding hydrogens is 212 g/mol. The molecule has 0 amide bonds. The SMILES string of the molecule is COC1CC(Nc2cccc3cnccc23)C1. The molecule has 88 valence electrons. The Hall–Kier alpha value is -1.61. The van der Waals surface area contributed by atoms with Gasteiger partial charge in [0.25, 0.3) is 0 Å². The van der Waals surface area contributed by atoms with Crippen molar-refractivity contribution in [3.8, 4) is 0 Å². The molecule has 0 saturated heterocycles. The minimum atomic E-state index is 0.434. The van der Waals surface area contributed by atoms with Gasteiger partial charge in [-0.05, 0) is 25.0 Å². The monoisotopic (exact) mass is 228 g/mol. The second-order valence-corrected chi connectivity index (χ2v) is 4.57. The molecule has 2 aromatic rings. The summed E-state index contributed by atoms with van der Waals surface area (Å²) >= 11 is 0. The highest BCUT2D eigenvalue weighted by atomic mass is 16.5. The molecule has 3 heteroatoms. The lowest BCUT2D eigenvalue weighted by molar-refractivity contribution is 0.0329. The number of fused-ring (bicyclic) bond motifs is 1. The predicted octanol–water partition coefficient (Wildman–Crippen LogP) is 2.82. The number of hydrogen-bond donors (Lipinski definition) is 1. The molecule has 17 heavy (non-hydrogen) atoms. The van der Waals surface area contributed by atoms with Gasteiger partial charge in [0.2, 0.25) is 0 Å². The Labute approximate surface area is 101 Å². The van der Waals surface area contributed by atoms with E-state index in [2.05, 4.69) is 34.6 Å². The standard InChI is InChI=1S/C14H16N2O/c1-17-12-7-11(8-12)16-14-4-2-3-10-9-15-6-5-13(10)14/h2-6,9,11-12,16H,7-8H2,1H3. The molecule has 1 aromatic carbocycles. The number of benzene rings is 1. The fourth-order valence-corrected chi connectivity index (χ4v) is 2.34. The summed E-state index contributed by atoms with van der Waals surface area (Å²) in [5.74, 6) is 0. The molecule has 0 aliphatic heterocycles. The third kappa shape index (κ3) is 1.98. The summed E-state index contributed by atoms with van der Waals surface area (Å²) in [5, 5.41) is 6.00. The maximum absolute atomic E-state index is 5.29. The van der Waals surface area contributed by atoms with Crippen molar-refractivity contribution in [2.24, 2.45) is 0 Å². The summed E-state index contributed by atoms with van der Waals surface area (Å²) in [6.45, 7) is 0. The van der Waals surface area contributed by atoms with Gasteiger partial charge in [-0.3, -0.25) is 4.98 Å². The number of rotatable bonds is 3. The van der Waals surface area contributed by atoms with Crippen LogP contribution < -0.4 is 5.32 Å². The normalized spacial score (nSPS) is 23.4. The van der Waals surface area contributed by atoms with Gasteiger partial charge < -0.3 is 10.1 Å². The van der Waals surface area contributed by atoms with Crippen LogP contribution in [0.5, 0.6) is 0 Å². The van der Waals surface area contributed by atoms with Crippen molar-refractivity contribution in [1.29, 1.82) is 0 Å². The van der Waals surface area contributed by atoms with E-state index < -0.39 is 0 Å². The van der Waals surface area contributed by atoms with Crippen molar-refractivity contribution in [3.63, 3.8) is 0 Å². The van der Waals surface area contributed by atoms with E-state index in [0.29, 0.717) is 12.1 Å². The Balaban J connectivity index is 1.81. The zero-order chi connectivity index (χ0) is 11.7. The Bertz CT molecular complexity index is 515. The van der Waals surface area contributed by atoms with Gasteiger partial charge >= 0.3 is 0 Å². The lowest BCUT2D eigenvalue weighted by atomic mass is 9.89. The Morgan fingerprint density at radius 1 is 1.29 bits per heavy atom. The molecule has 1 fully saturated rings. The summed E-state index contributed by atoms with van der Waals surface area (Å²) < 4.78 is 5.29. The number of ether oxygens (including phenoxy) is 1. The lowest BCUT2D eigenvalue weighted by Crippen LogP contribution is -2.40. The van der Waals surface area contributed by atoms with Gasteiger partial charge in [0.05, 0.1) is 6.10 Å². The van der Waals surface area contributed by atoms with Crippen molar-refractivity contribution in [1.82, 2.24) is 4.98 Å². The van der Waals surface area contributed by atoms with Crippen molar-refractivity contribution < 1.29 is 4.74 Å². The number of methoxy groups -OCH3 is 1. The van der Waals surface area contributed by atoms with Crippen LogP contribution in [0.3, 0.4) is 0 Å². The summed E-state index contributed by atoms with van der Waals surface area (Å²) in [5.41, 5.74) is 1.20. The summed E-state index contributed by atoms with van der Waals surface area (Å²) in [6, 6.07) is 8.89. The predicted molar refractivity (Wildman–Crippen MR) is 69.2 cm³/mol. The molecule has 1 aromatic heterocycles. The third-order valence-electron chi connectivity index (χ3n) is 3.47. The third-order valence-corrected chi connectivity index (χ3v) is 3.47. The first kappa shape index (κ1) is 10.5. The average Bonchev–Trinajstić information content (AvgIpc) is 2.33. The highest BCUT2D eigenvalue weighted by Gasteiger charge is 2.28. The molecule has 0 atom stereocenters. The smallest absolute Gasteiger partial charge is 0.0610 e. The molecule has 1 saturated carbocycles. The number of nitrogens with one attached hydrogen (secondary N) is 1. The van der Waals surface area contributed by atoms with Crippen molar-refractivity contribution in [2.75, 3.05) is 12.4 Å². The molecule has 1 aliphatic carbocycles. The first-order valence-corrected chi connectivity index (χ1v) is 5.99. The molecule has 1 N–H and O–H groups in total. The highest BCUT2D eigenvalue weighted by Crippen LogP contribution is 2.29. The number of anilines is 1. The summed E-state index contributed by atoms with van der Waals surface area (Å²) in [6.07, 6.45) is 6.37. The van der Waals surface area contributed by atoms with Crippen LogP contribution in [0, 0.1) is 0 Å². The topological polar surface area (TPSA) is 34.1 Å². The van der Waals surface area contributed by atoms with E-state index >= 15 is 0 Å². The van der Waals surface area contributed by atoms with E-state index in [4.69, 9.17) is 4.74 Å². The number of hydrogen-bond acceptors (Lipinski definition) is 3. The van der Waals surface area contributed by atoms with Gasteiger partial charge in [-0.25, -0.2) is 0 Å².